The highest BCUT2D eigenvalue weighted by Gasteiger charge is 2.10. The smallest absolute Gasteiger partial charge is 0.140 e. The van der Waals surface area contributed by atoms with Crippen LogP contribution in [0.25, 0.3) is 11.0 Å². The molecule has 19 heavy (non-hydrogen) atoms. The molecule has 0 aliphatic heterocycles. The Morgan fingerprint density at radius 2 is 2.21 bits per heavy atom. The predicted octanol–water partition coefficient (Wildman–Crippen LogP) is 1.59. The summed E-state index contributed by atoms with van der Waals surface area (Å²) in [7, 11) is 1.96. The SMILES string of the molecule is Cc1cc(Cn2cc(CN)c3cccnc32)n(C)n1. The van der Waals surface area contributed by atoms with Crippen LogP contribution in [0.3, 0.4) is 0 Å². The standard InChI is InChI=1S/C14H17N5/c1-10-6-12(18(2)17-10)9-19-8-11(7-15)13-4-3-5-16-14(13)19/h3-6,8H,7,9,15H2,1-2H3. The molecule has 3 aromatic heterocycles. The van der Waals surface area contributed by atoms with Crippen LogP contribution in [0, 0.1) is 6.92 Å². The average molecular weight is 255 g/mol. The van der Waals surface area contributed by atoms with Gasteiger partial charge in [-0.3, -0.25) is 4.68 Å². The third kappa shape index (κ3) is 2.02. The lowest BCUT2D eigenvalue weighted by Crippen LogP contribution is -2.05. The largest absolute Gasteiger partial charge is 0.326 e. The van der Waals surface area contributed by atoms with E-state index in [1.807, 2.05) is 30.9 Å². The zero-order chi connectivity index (χ0) is 13.4. The first-order valence-electron chi connectivity index (χ1n) is 6.31. The summed E-state index contributed by atoms with van der Waals surface area (Å²) in [6.45, 7) is 3.28. The Bertz CT molecular complexity index is 723. The molecule has 2 N–H and O–H groups in total. The second kappa shape index (κ2) is 4.51. The number of aryl methyl sites for hydroxylation is 2. The fourth-order valence-electron chi connectivity index (χ4n) is 2.47. The van der Waals surface area contributed by atoms with Gasteiger partial charge in [-0.05, 0) is 30.7 Å². The molecule has 0 radical (unpaired) electrons. The molecule has 0 atom stereocenters. The molecule has 0 unspecified atom stereocenters. The molecule has 0 spiro atoms. The first-order valence-corrected chi connectivity index (χ1v) is 6.31. The molecule has 3 rings (SSSR count). The van der Waals surface area contributed by atoms with E-state index in [-0.39, 0.29) is 0 Å². The summed E-state index contributed by atoms with van der Waals surface area (Å²) in [6.07, 6.45) is 3.90. The van der Waals surface area contributed by atoms with Crippen LogP contribution >= 0.6 is 0 Å². The molecular weight excluding hydrogens is 238 g/mol. The van der Waals surface area contributed by atoms with Gasteiger partial charge in [0, 0.05) is 31.4 Å². The minimum Gasteiger partial charge on any atom is -0.326 e. The summed E-state index contributed by atoms with van der Waals surface area (Å²) in [5, 5.41) is 5.50. The Labute approximate surface area is 111 Å². The minimum absolute atomic E-state index is 0.527. The van der Waals surface area contributed by atoms with Gasteiger partial charge >= 0.3 is 0 Å². The van der Waals surface area contributed by atoms with Crippen molar-refractivity contribution >= 4 is 11.0 Å². The van der Waals surface area contributed by atoms with Crippen LogP contribution in [-0.2, 0) is 20.1 Å². The summed E-state index contributed by atoms with van der Waals surface area (Å²) in [5.41, 5.74) is 10.1. The molecule has 98 valence electrons. The van der Waals surface area contributed by atoms with E-state index in [2.05, 4.69) is 33.0 Å². The Kier molecular flexibility index (Phi) is 2.83. The fraction of sp³-hybridized carbons (Fsp3) is 0.286. The number of hydrogen-bond acceptors (Lipinski definition) is 3. The van der Waals surface area contributed by atoms with E-state index in [4.69, 9.17) is 5.73 Å². The summed E-state index contributed by atoms with van der Waals surface area (Å²) in [4.78, 5) is 4.46. The Morgan fingerprint density at radius 3 is 2.89 bits per heavy atom. The molecule has 0 aliphatic carbocycles. The second-order valence-corrected chi connectivity index (χ2v) is 4.76. The van der Waals surface area contributed by atoms with Crippen LogP contribution in [0.4, 0.5) is 0 Å². The summed E-state index contributed by atoms with van der Waals surface area (Å²) in [5.74, 6) is 0. The van der Waals surface area contributed by atoms with Gasteiger partial charge in [-0.15, -0.1) is 0 Å². The van der Waals surface area contributed by atoms with Crippen molar-refractivity contribution in [1.82, 2.24) is 19.3 Å². The molecule has 0 aliphatic rings. The average Bonchev–Trinajstić information content (AvgIpc) is 2.91. The molecule has 0 aromatic carbocycles. The quantitative estimate of drug-likeness (QED) is 0.773. The fourth-order valence-corrected chi connectivity index (χ4v) is 2.47. The maximum atomic E-state index is 5.80. The van der Waals surface area contributed by atoms with Crippen LogP contribution in [0.1, 0.15) is 17.0 Å². The first kappa shape index (κ1) is 11.9. The Morgan fingerprint density at radius 1 is 1.37 bits per heavy atom. The third-order valence-corrected chi connectivity index (χ3v) is 3.37. The van der Waals surface area contributed by atoms with Crippen molar-refractivity contribution in [2.75, 3.05) is 0 Å². The Hall–Kier alpha value is -2.14. The lowest BCUT2D eigenvalue weighted by atomic mass is 10.2. The van der Waals surface area contributed by atoms with Gasteiger partial charge in [0.25, 0.3) is 0 Å². The number of fused-ring (bicyclic) bond motifs is 1. The molecule has 0 amide bonds. The van der Waals surface area contributed by atoms with Crippen LogP contribution in [0.2, 0.25) is 0 Å². The number of hydrogen-bond donors (Lipinski definition) is 1. The van der Waals surface area contributed by atoms with Gasteiger partial charge in [0.05, 0.1) is 17.9 Å². The van der Waals surface area contributed by atoms with Crippen molar-refractivity contribution in [3.63, 3.8) is 0 Å². The molecular formula is C14H17N5. The third-order valence-electron chi connectivity index (χ3n) is 3.37. The van der Waals surface area contributed by atoms with E-state index >= 15 is 0 Å². The van der Waals surface area contributed by atoms with E-state index in [1.165, 1.54) is 0 Å². The van der Waals surface area contributed by atoms with Crippen molar-refractivity contribution in [2.45, 2.75) is 20.0 Å². The van der Waals surface area contributed by atoms with E-state index in [0.717, 1.165) is 34.5 Å². The number of nitrogens with zero attached hydrogens (tertiary/aromatic N) is 4. The highest BCUT2D eigenvalue weighted by atomic mass is 15.3. The Balaban J connectivity index is 2.08. The van der Waals surface area contributed by atoms with E-state index in [0.29, 0.717) is 6.54 Å². The molecule has 0 saturated carbocycles. The first-order chi connectivity index (χ1) is 9.19. The molecule has 3 aromatic rings. The number of rotatable bonds is 3. The van der Waals surface area contributed by atoms with Gasteiger partial charge in [0.2, 0.25) is 0 Å². The van der Waals surface area contributed by atoms with Crippen LogP contribution in [0.5, 0.6) is 0 Å². The molecule has 0 fully saturated rings. The molecule has 5 heteroatoms. The maximum absolute atomic E-state index is 5.80. The zero-order valence-electron chi connectivity index (χ0n) is 11.2. The van der Waals surface area contributed by atoms with E-state index in [1.54, 1.807) is 0 Å². The van der Waals surface area contributed by atoms with Gasteiger partial charge < -0.3 is 10.3 Å². The number of pyridine rings is 1. The normalized spacial score (nSPS) is 11.3. The van der Waals surface area contributed by atoms with Crippen molar-refractivity contribution in [1.29, 1.82) is 0 Å². The summed E-state index contributed by atoms with van der Waals surface area (Å²) in [6, 6.07) is 6.10. The van der Waals surface area contributed by atoms with Crippen molar-refractivity contribution in [3.8, 4) is 0 Å². The van der Waals surface area contributed by atoms with Gasteiger partial charge in [0.1, 0.15) is 5.65 Å². The lowest BCUT2D eigenvalue weighted by Gasteiger charge is -2.04. The highest BCUT2D eigenvalue weighted by molar-refractivity contribution is 5.80. The van der Waals surface area contributed by atoms with Gasteiger partial charge in [0.15, 0.2) is 0 Å². The van der Waals surface area contributed by atoms with E-state index < -0.39 is 0 Å². The molecule has 0 bridgehead atoms. The van der Waals surface area contributed by atoms with E-state index in [9.17, 15) is 0 Å². The summed E-state index contributed by atoms with van der Waals surface area (Å²) < 4.78 is 4.04. The van der Waals surface area contributed by atoms with Gasteiger partial charge in [-0.25, -0.2) is 4.98 Å². The highest BCUT2D eigenvalue weighted by Crippen LogP contribution is 2.20. The van der Waals surface area contributed by atoms with Crippen molar-refractivity contribution in [3.05, 3.63) is 47.5 Å². The van der Waals surface area contributed by atoms with Crippen LogP contribution in [-0.4, -0.2) is 19.3 Å². The number of nitrogens with two attached hydrogens (primary N) is 1. The maximum Gasteiger partial charge on any atom is 0.140 e. The molecule has 3 heterocycles. The van der Waals surface area contributed by atoms with Gasteiger partial charge in [-0.1, -0.05) is 0 Å². The van der Waals surface area contributed by atoms with Crippen molar-refractivity contribution in [2.24, 2.45) is 12.8 Å². The minimum atomic E-state index is 0.527. The molecule has 5 nitrogen and oxygen atoms in total. The van der Waals surface area contributed by atoms with Crippen LogP contribution in [0.15, 0.2) is 30.6 Å². The summed E-state index contributed by atoms with van der Waals surface area (Å²) >= 11 is 0. The lowest BCUT2D eigenvalue weighted by molar-refractivity contribution is 0.670. The number of aromatic nitrogens is 4. The van der Waals surface area contributed by atoms with Crippen molar-refractivity contribution < 1.29 is 0 Å². The topological polar surface area (TPSA) is 61.7 Å². The predicted molar refractivity (Wildman–Crippen MR) is 74.7 cm³/mol. The van der Waals surface area contributed by atoms with Crippen LogP contribution < -0.4 is 5.73 Å². The zero-order valence-corrected chi connectivity index (χ0v) is 11.2. The monoisotopic (exact) mass is 255 g/mol. The second-order valence-electron chi connectivity index (χ2n) is 4.76. The molecule has 0 saturated heterocycles. The van der Waals surface area contributed by atoms with Gasteiger partial charge in [-0.2, -0.15) is 5.10 Å².